The Morgan fingerprint density at radius 3 is 2.84 bits per heavy atom. The largest absolute Gasteiger partial charge is 0.325 e. The highest BCUT2D eigenvalue weighted by Gasteiger charge is 2.34. The maximum Gasteiger partial charge on any atom is 0.114 e. The molecule has 1 aliphatic carbocycles. The van der Waals surface area contributed by atoms with Crippen molar-refractivity contribution >= 4 is 27.0 Å². The number of nitrogens with zero attached hydrogens (tertiary/aromatic N) is 2. The number of benzene rings is 1. The summed E-state index contributed by atoms with van der Waals surface area (Å²) >= 11 is 3.55. The Morgan fingerprint density at radius 1 is 1.32 bits per heavy atom. The number of fused-ring (bicyclic) bond motifs is 1. The van der Waals surface area contributed by atoms with Gasteiger partial charge in [-0.05, 0) is 43.5 Å². The smallest absolute Gasteiger partial charge is 0.114 e. The van der Waals surface area contributed by atoms with Crippen LogP contribution in [0.4, 0.5) is 0 Å². The molecule has 4 rings (SSSR count). The highest BCUT2D eigenvalue weighted by atomic mass is 79.9. The first-order valence-corrected chi connectivity index (χ1v) is 7.91. The van der Waals surface area contributed by atoms with Gasteiger partial charge in [-0.2, -0.15) is 0 Å². The van der Waals surface area contributed by atoms with Gasteiger partial charge in [0, 0.05) is 23.0 Å². The number of hydrogen-bond donors (Lipinski definition) is 1. The molecule has 0 bridgehead atoms. The lowest BCUT2D eigenvalue weighted by atomic mass is 9.97. The molecule has 0 radical (unpaired) electrons. The molecule has 2 atom stereocenters. The lowest BCUT2D eigenvalue weighted by Gasteiger charge is -2.16. The predicted molar refractivity (Wildman–Crippen MR) is 80.5 cm³/mol. The van der Waals surface area contributed by atoms with E-state index in [-0.39, 0.29) is 0 Å². The van der Waals surface area contributed by atoms with Gasteiger partial charge >= 0.3 is 0 Å². The minimum absolute atomic E-state index is 0.562. The standard InChI is InChI=1S/C15H18BrN3/c1-9-7-17-8-12(9)15-18-13-6-10(16)2-5-14(13)19(15)11-3-4-11/h2,5-6,9,11-12,17H,3-4,7-8H2,1H3. The molecule has 2 heterocycles. The fraction of sp³-hybridized carbons (Fsp3) is 0.533. The maximum atomic E-state index is 4.96. The number of rotatable bonds is 2. The molecule has 3 nitrogen and oxygen atoms in total. The van der Waals surface area contributed by atoms with E-state index in [1.807, 2.05) is 0 Å². The second-order valence-electron chi connectivity index (χ2n) is 5.95. The zero-order valence-electron chi connectivity index (χ0n) is 11.1. The summed E-state index contributed by atoms with van der Waals surface area (Å²) in [6.45, 7) is 4.51. The Hall–Kier alpha value is -0.870. The van der Waals surface area contributed by atoms with E-state index in [2.05, 4.69) is 50.9 Å². The van der Waals surface area contributed by atoms with E-state index in [9.17, 15) is 0 Å². The highest BCUT2D eigenvalue weighted by Crippen LogP contribution is 2.42. The SMILES string of the molecule is CC1CNCC1c1nc2cc(Br)ccc2n1C1CC1. The Morgan fingerprint density at radius 2 is 2.16 bits per heavy atom. The molecule has 1 aromatic heterocycles. The molecule has 1 saturated carbocycles. The molecular weight excluding hydrogens is 302 g/mol. The van der Waals surface area contributed by atoms with Gasteiger partial charge in [-0.3, -0.25) is 0 Å². The molecule has 2 aliphatic rings. The van der Waals surface area contributed by atoms with Gasteiger partial charge in [0.15, 0.2) is 0 Å². The third kappa shape index (κ3) is 1.93. The summed E-state index contributed by atoms with van der Waals surface area (Å²) in [6.07, 6.45) is 2.62. The summed E-state index contributed by atoms with van der Waals surface area (Å²) in [4.78, 5) is 4.96. The van der Waals surface area contributed by atoms with Crippen LogP contribution < -0.4 is 5.32 Å². The zero-order valence-corrected chi connectivity index (χ0v) is 12.7. The van der Waals surface area contributed by atoms with Crippen LogP contribution in [0, 0.1) is 5.92 Å². The lowest BCUT2D eigenvalue weighted by molar-refractivity contribution is 0.519. The van der Waals surface area contributed by atoms with Gasteiger partial charge in [-0.15, -0.1) is 0 Å². The molecule has 0 spiro atoms. The third-order valence-electron chi connectivity index (χ3n) is 4.44. The average Bonchev–Trinajstić information content (AvgIpc) is 3.03. The molecule has 1 N–H and O–H groups in total. The van der Waals surface area contributed by atoms with E-state index in [1.165, 1.54) is 24.2 Å². The first kappa shape index (κ1) is 11.9. The highest BCUT2D eigenvalue weighted by molar-refractivity contribution is 9.10. The first-order chi connectivity index (χ1) is 9.24. The molecule has 2 aromatic rings. The van der Waals surface area contributed by atoms with Crippen molar-refractivity contribution < 1.29 is 0 Å². The molecule has 19 heavy (non-hydrogen) atoms. The lowest BCUT2D eigenvalue weighted by Crippen LogP contribution is -2.14. The van der Waals surface area contributed by atoms with Crippen LogP contribution in [0.25, 0.3) is 11.0 Å². The van der Waals surface area contributed by atoms with Gasteiger partial charge in [-0.25, -0.2) is 4.98 Å². The Labute approximate surface area is 121 Å². The van der Waals surface area contributed by atoms with E-state index >= 15 is 0 Å². The van der Waals surface area contributed by atoms with Crippen molar-refractivity contribution in [1.29, 1.82) is 0 Å². The van der Waals surface area contributed by atoms with Gasteiger partial charge < -0.3 is 9.88 Å². The number of hydrogen-bond acceptors (Lipinski definition) is 2. The molecule has 2 fully saturated rings. The third-order valence-corrected chi connectivity index (χ3v) is 4.93. The van der Waals surface area contributed by atoms with E-state index in [0.717, 1.165) is 23.1 Å². The molecule has 0 amide bonds. The van der Waals surface area contributed by atoms with Crippen molar-refractivity contribution in [3.8, 4) is 0 Å². The molecule has 1 saturated heterocycles. The van der Waals surface area contributed by atoms with Crippen LogP contribution in [-0.4, -0.2) is 22.6 Å². The normalized spacial score (nSPS) is 27.3. The Kier molecular flexibility index (Phi) is 2.71. The summed E-state index contributed by atoms with van der Waals surface area (Å²) in [7, 11) is 0. The molecule has 100 valence electrons. The predicted octanol–water partition coefficient (Wildman–Crippen LogP) is 3.46. The summed E-state index contributed by atoms with van der Waals surface area (Å²) in [5.41, 5.74) is 2.44. The maximum absolute atomic E-state index is 4.96. The van der Waals surface area contributed by atoms with Gasteiger partial charge in [0.25, 0.3) is 0 Å². The fourth-order valence-corrected chi connectivity index (χ4v) is 3.57. The molecule has 2 unspecified atom stereocenters. The summed E-state index contributed by atoms with van der Waals surface area (Å²) in [6, 6.07) is 7.17. The van der Waals surface area contributed by atoms with Crippen molar-refractivity contribution in [3.63, 3.8) is 0 Å². The molecule has 1 aromatic carbocycles. The van der Waals surface area contributed by atoms with Crippen LogP contribution in [-0.2, 0) is 0 Å². The van der Waals surface area contributed by atoms with E-state index in [1.54, 1.807) is 0 Å². The molecule has 4 heteroatoms. The van der Waals surface area contributed by atoms with E-state index in [4.69, 9.17) is 4.98 Å². The van der Waals surface area contributed by atoms with Crippen molar-refractivity contribution in [1.82, 2.24) is 14.9 Å². The van der Waals surface area contributed by atoms with Crippen LogP contribution in [0.2, 0.25) is 0 Å². The monoisotopic (exact) mass is 319 g/mol. The second-order valence-corrected chi connectivity index (χ2v) is 6.86. The van der Waals surface area contributed by atoms with Gasteiger partial charge in [0.2, 0.25) is 0 Å². The van der Waals surface area contributed by atoms with Crippen molar-refractivity contribution in [2.24, 2.45) is 5.92 Å². The second kappa shape index (κ2) is 4.32. The Bertz CT molecular complexity index is 630. The van der Waals surface area contributed by atoms with Crippen LogP contribution in [0.3, 0.4) is 0 Å². The number of nitrogens with one attached hydrogen (secondary N) is 1. The van der Waals surface area contributed by atoms with Gasteiger partial charge in [0.1, 0.15) is 5.82 Å². The number of halogens is 1. The van der Waals surface area contributed by atoms with Gasteiger partial charge in [-0.1, -0.05) is 22.9 Å². The minimum atomic E-state index is 0.562. The number of aromatic nitrogens is 2. The van der Waals surface area contributed by atoms with Crippen molar-refractivity contribution in [2.75, 3.05) is 13.1 Å². The van der Waals surface area contributed by atoms with Crippen molar-refractivity contribution in [3.05, 3.63) is 28.5 Å². The summed E-state index contributed by atoms with van der Waals surface area (Å²) in [5.74, 6) is 2.54. The van der Waals surface area contributed by atoms with Crippen LogP contribution >= 0.6 is 15.9 Å². The number of imidazole rings is 1. The molecule has 1 aliphatic heterocycles. The van der Waals surface area contributed by atoms with Crippen LogP contribution in [0.1, 0.15) is 37.5 Å². The molecular formula is C15H18BrN3. The average molecular weight is 320 g/mol. The fourth-order valence-electron chi connectivity index (χ4n) is 3.22. The van der Waals surface area contributed by atoms with E-state index < -0.39 is 0 Å². The zero-order chi connectivity index (χ0) is 13.0. The van der Waals surface area contributed by atoms with Crippen molar-refractivity contribution in [2.45, 2.75) is 31.7 Å². The van der Waals surface area contributed by atoms with E-state index in [0.29, 0.717) is 17.9 Å². The van der Waals surface area contributed by atoms with Crippen LogP contribution in [0.15, 0.2) is 22.7 Å². The van der Waals surface area contributed by atoms with Gasteiger partial charge in [0.05, 0.1) is 11.0 Å². The minimum Gasteiger partial charge on any atom is -0.325 e. The topological polar surface area (TPSA) is 29.9 Å². The summed E-state index contributed by atoms with van der Waals surface area (Å²) < 4.78 is 3.63. The quantitative estimate of drug-likeness (QED) is 0.918. The first-order valence-electron chi connectivity index (χ1n) is 7.12. The van der Waals surface area contributed by atoms with Crippen LogP contribution in [0.5, 0.6) is 0 Å². The summed E-state index contributed by atoms with van der Waals surface area (Å²) in [5, 5.41) is 3.50. The Balaban J connectivity index is 1.91.